The molecule has 3 nitrogen and oxygen atoms in total. The molecule has 0 radical (unpaired) electrons. The van der Waals surface area contributed by atoms with Gasteiger partial charge in [-0.2, -0.15) is 0 Å². The summed E-state index contributed by atoms with van der Waals surface area (Å²) in [5.74, 6) is 1.75. The van der Waals surface area contributed by atoms with Crippen LogP contribution in [0.5, 0.6) is 0 Å². The minimum Gasteiger partial charge on any atom is -0.300 e. The Hall–Kier alpha value is -0.870. The molecule has 1 fully saturated rings. The van der Waals surface area contributed by atoms with E-state index in [1.165, 1.54) is 30.0 Å². The molecule has 0 bridgehead atoms. The third-order valence-corrected chi connectivity index (χ3v) is 4.68. The Kier molecular flexibility index (Phi) is 2.71. The van der Waals surface area contributed by atoms with Gasteiger partial charge in [-0.1, -0.05) is 0 Å². The summed E-state index contributed by atoms with van der Waals surface area (Å²) in [5.41, 5.74) is 1.32. The molecule has 1 atom stereocenters. The monoisotopic (exact) mass is 249 g/mol. The van der Waals surface area contributed by atoms with Gasteiger partial charge in [-0.15, -0.1) is 11.3 Å². The second-order valence-electron chi connectivity index (χ2n) is 5.20. The number of imidazole rings is 1. The van der Waals surface area contributed by atoms with Gasteiger partial charge in [0.25, 0.3) is 0 Å². The Balaban J connectivity index is 1.92. The quantitative estimate of drug-likeness (QED) is 0.816. The zero-order valence-electron chi connectivity index (χ0n) is 10.7. The number of aryl methyl sites for hydroxylation is 1. The van der Waals surface area contributed by atoms with Crippen molar-refractivity contribution < 1.29 is 0 Å². The number of nitrogens with zero attached hydrogens (tertiary/aromatic N) is 3. The second kappa shape index (κ2) is 4.10. The van der Waals surface area contributed by atoms with E-state index in [1.54, 1.807) is 0 Å². The van der Waals surface area contributed by atoms with Crippen LogP contribution in [0.25, 0.3) is 4.83 Å². The maximum atomic E-state index is 4.77. The van der Waals surface area contributed by atoms with Gasteiger partial charge >= 0.3 is 0 Å². The van der Waals surface area contributed by atoms with Crippen molar-refractivity contribution in [3.63, 3.8) is 0 Å². The summed E-state index contributed by atoms with van der Waals surface area (Å²) in [6, 6.07) is 0.655. The predicted molar refractivity (Wildman–Crippen MR) is 71.9 cm³/mol. The summed E-state index contributed by atoms with van der Waals surface area (Å²) >= 11 is 1.81. The summed E-state index contributed by atoms with van der Waals surface area (Å²) < 4.78 is 2.22. The molecule has 3 heterocycles. The van der Waals surface area contributed by atoms with E-state index >= 15 is 0 Å². The summed E-state index contributed by atoms with van der Waals surface area (Å²) in [7, 11) is 0. The van der Waals surface area contributed by atoms with E-state index in [0.717, 1.165) is 5.82 Å². The highest BCUT2D eigenvalue weighted by atomic mass is 32.1. The van der Waals surface area contributed by atoms with Crippen molar-refractivity contribution in [1.82, 2.24) is 14.3 Å². The highest BCUT2D eigenvalue weighted by molar-refractivity contribution is 7.15. The molecule has 92 valence electrons. The Morgan fingerprint density at radius 1 is 1.47 bits per heavy atom. The molecule has 0 spiro atoms. The fraction of sp³-hybridized carbons (Fsp3) is 0.615. The maximum absolute atomic E-state index is 4.77. The molecule has 3 rings (SSSR count). The number of hydrogen-bond acceptors (Lipinski definition) is 3. The van der Waals surface area contributed by atoms with Crippen LogP contribution in [0.15, 0.2) is 11.6 Å². The fourth-order valence-electron chi connectivity index (χ4n) is 2.74. The van der Waals surface area contributed by atoms with Gasteiger partial charge in [0, 0.05) is 30.1 Å². The van der Waals surface area contributed by atoms with E-state index in [2.05, 4.69) is 41.6 Å². The topological polar surface area (TPSA) is 20.5 Å². The van der Waals surface area contributed by atoms with E-state index in [9.17, 15) is 0 Å². The Labute approximate surface area is 106 Å². The summed E-state index contributed by atoms with van der Waals surface area (Å²) in [6.07, 6.45) is 3.38. The molecule has 2 aromatic rings. The lowest BCUT2D eigenvalue weighted by molar-refractivity contribution is 0.272. The third kappa shape index (κ3) is 1.79. The highest BCUT2D eigenvalue weighted by Crippen LogP contribution is 2.32. The molecule has 0 amide bonds. The number of thiazole rings is 1. The van der Waals surface area contributed by atoms with Crippen molar-refractivity contribution in [2.75, 3.05) is 13.1 Å². The molecule has 0 N–H and O–H groups in total. The normalized spacial score (nSPS) is 22.0. The van der Waals surface area contributed by atoms with Gasteiger partial charge in [0.05, 0.1) is 5.69 Å². The van der Waals surface area contributed by atoms with Crippen molar-refractivity contribution in [2.24, 2.45) is 0 Å². The minimum absolute atomic E-state index is 0.625. The molecule has 1 aliphatic rings. The highest BCUT2D eigenvalue weighted by Gasteiger charge is 2.29. The van der Waals surface area contributed by atoms with E-state index in [-0.39, 0.29) is 0 Å². The fourth-order valence-corrected chi connectivity index (χ4v) is 3.69. The minimum atomic E-state index is 0.625. The lowest BCUT2D eigenvalue weighted by Crippen LogP contribution is -2.27. The van der Waals surface area contributed by atoms with Crippen molar-refractivity contribution >= 4 is 16.2 Å². The van der Waals surface area contributed by atoms with Gasteiger partial charge in [-0.05, 0) is 33.7 Å². The molecule has 4 heteroatoms. The molecule has 17 heavy (non-hydrogen) atoms. The first-order chi connectivity index (χ1) is 8.16. The van der Waals surface area contributed by atoms with Gasteiger partial charge < -0.3 is 4.90 Å². The molecule has 1 saturated heterocycles. The van der Waals surface area contributed by atoms with E-state index < -0.39 is 0 Å². The third-order valence-electron chi connectivity index (χ3n) is 3.80. The lowest BCUT2D eigenvalue weighted by atomic mass is 10.1. The Morgan fingerprint density at radius 2 is 2.29 bits per heavy atom. The van der Waals surface area contributed by atoms with Crippen molar-refractivity contribution in [2.45, 2.75) is 39.2 Å². The lowest BCUT2D eigenvalue weighted by Gasteiger charge is -2.19. The first-order valence-corrected chi connectivity index (χ1v) is 7.21. The smallest absolute Gasteiger partial charge is 0.123 e. The van der Waals surface area contributed by atoms with Gasteiger partial charge in [-0.3, -0.25) is 4.40 Å². The van der Waals surface area contributed by atoms with Gasteiger partial charge in [0.15, 0.2) is 0 Å². The molecular weight excluding hydrogens is 230 g/mol. The average molecular weight is 249 g/mol. The largest absolute Gasteiger partial charge is 0.300 e. The molecule has 0 aliphatic carbocycles. The van der Waals surface area contributed by atoms with Crippen molar-refractivity contribution in [1.29, 1.82) is 0 Å². The first kappa shape index (κ1) is 11.2. The van der Waals surface area contributed by atoms with Crippen molar-refractivity contribution in [3.05, 3.63) is 23.1 Å². The zero-order chi connectivity index (χ0) is 12.0. The average Bonchev–Trinajstić information content (AvgIpc) is 2.96. The standard InChI is InChI=1S/C13H19N3S/c1-9(2)15-5-4-11(8-15)12-13-16(6-7-17-13)10(3)14-12/h6-7,9,11H,4-5,8H2,1-3H3/t11-/m0/s1. The summed E-state index contributed by atoms with van der Waals surface area (Å²) in [6.45, 7) is 9.04. The number of fused-ring (bicyclic) bond motifs is 1. The van der Waals surface area contributed by atoms with Crippen molar-refractivity contribution in [3.8, 4) is 0 Å². The molecule has 0 saturated carbocycles. The zero-order valence-corrected chi connectivity index (χ0v) is 11.5. The summed E-state index contributed by atoms with van der Waals surface area (Å²) in [5, 5.41) is 2.16. The van der Waals surface area contributed by atoms with Crippen LogP contribution >= 0.6 is 11.3 Å². The van der Waals surface area contributed by atoms with Gasteiger partial charge in [0.2, 0.25) is 0 Å². The van der Waals surface area contributed by atoms with E-state index in [1.807, 2.05) is 11.3 Å². The van der Waals surface area contributed by atoms with Crippen LogP contribution in [0.1, 0.15) is 37.7 Å². The molecule has 2 aromatic heterocycles. The van der Waals surface area contributed by atoms with Gasteiger partial charge in [0.1, 0.15) is 10.7 Å². The van der Waals surface area contributed by atoms with Crippen LogP contribution in [-0.4, -0.2) is 33.4 Å². The SMILES string of the molecule is Cc1nc([C@H]2CCN(C(C)C)C2)c2sccn12. The van der Waals surface area contributed by atoms with E-state index in [0.29, 0.717) is 12.0 Å². The first-order valence-electron chi connectivity index (χ1n) is 6.33. The Morgan fingerprint density at radius 3 is 3.00 bits per heavy atom. The van der Waals surface area contributed by atoms with Crippen LogP contribution in [0.2, 0.25) is 0 Å². The number of rotatable bonds is 2. The molecule has 0 unspecified atom stereocenters. The Bertz CT molecular complexity index is 526. The van der Waals surface area contributed by atoms with Gasteiger partial charge in [-0.25, -0.2) is 4.98 Å². The number of hydrogen-bond donors (Lipinski definition) is 0. The van der Waals surface area contributed by atoms with Crippen LogP contribution in [0, 0.1) is 6.92 Å². The number of likely N-dealkylation sites (tertiary alicyclic amines) is 1. The second-order valence-corrected chi connectivity index (χ2v) is 6.09. The molecule has 0 aromatic carbocycles. The van der Waals surface area contributed by atoms with Crippen LogP contribution in [0.4, 0.5) is 0 Å². The molecule has 1 aliphatic heterocycles. The van der Waals surface area contributed by atoms with Crippen LogP contribution in [-0.2, 0) is 0 Å². The molecular formula is C13H19N3S. The summed E-state index contributed by atoms with van der Waals surface area (Å²) in [4.78, 5) is 8.67. The predicted octanol–water partition coefficient (Wildman–Crippen LogP) is 2.90. The van der Waals surface area contributed by atoms with Crippen LogP contribution < -0.4 is 0 Å². The van der Waals surface area contributed by atoms with Crippen LogP contribution in [0.3, 0.4) is 0 Å². The number of aromatic nitrogens is 2. The maximum Gasteiger partial charge on any atom is 0.123 e. The van der Waals surface area contributed by atoms with E-state index in [4.69, 9.17) is 4.98 Å².